The molecule has 23 heavy (non-hydrogen) atoms. The van der Waals surface area contributed by atoms with Crippen molar-refractivity contribution in [2.75, 3.05) is 7.11 Å². The van der Waals surface area contributed by atoms with Crippen molar-refractivity contribution in [3.63, 3.8) is 0 Å². The maximum atomic E-state index is 5.87. The van der Waals surface area contributed by atoms with Crippen LogP contribution in [0, 0.1) is 0 Å². The Morgan fingerprint density at radius 1 is 1.13 bits per heavy atom. The van der Waals surface area contributed by atoms with Crippen LogP contribution in [0.2, 0.25) is 0 Å². The van der Waals surface area contributed by atoms with Gasteiger partial charge in [0.2, 0.25) is 0 Å². The van der Waals surface area contributed by atoms with E-state index in [1.807, 2.05) is 24.3 Å². The average molecular weight is 314 g/mol. The molecule has 122 valence electrons. The third-order valence-corrected chi connectivity index (χ3v) is 4.74. The SMILES string of the molecule is COc1ccc(OCc2nnc3n2CC2CCCC(C3)N2)cc1. The van der Waals surface area contributed by atoms with E-state index < -0.39 is 0 Å². The first-order valence-electron chi connectivity index (χ1n) is 8.25. The normalized spacial score (nSPS) is 23.0. The molecule has 1 saturated heterocycles. The second kappa shape index (κ2) is 6.20. The van der Waals surface area contributed by atoms with Gasteiger partial charge in [-0.25, -0.2) is 0 Å². The zero-order valence-electron chi connectivity index (χ0n) is 13.4. The summed E-state index contributed by atoms with van der Waals surface area (Å²) < 4.78 is 13.3. The van der Waals surface area contributed by atoms with E-state index in [9.17, 15) is 0 Å². The highest BCUT2D eigenvalue weighted by Gasteiger charge is 2.28. The molecule has 1 aromatic heterocycles. The van der Waals surface area contributed by atoms with Gasteiger partial charge in [-0.15, -0.1) is 10.2 Å². The summed E-state index contributed by atoms with van der Waals surface area (Å²) in [4.78, 5) is 0. The molecule has 2 unspecified atom stereocenters. The largest absolute Gasteiger partial charge is 0.497 e. The molecule has 0 saturated carbocycles. The van der Waals surface area contributed by atoms with Gasteiger partial charge >= 0.3 is 0 Å². The number of piperidine rings is 1. The van der Waals surface area contributed by atoms with Crippen molar-refractivity contribution in [3.05, 3.63) is 35.9 Å². The van der Waals surface area contributed by atoms with Gasteiger partial charge in [-0.05, 0) is 37.1 Å². The zero-order chi connectivity index (χ0) is 15.6. The van der Waals surface area contributed by atoms with E-state index in [-0.39, 0.29) is 0 Å². The van der Waals surface area contributed by atoms with Crippen molar-refractivity contribution in [2.45, 2.75) is 50.9 Å². The van der Waals surface area contributed by atoms with Crippen molar-refractivity contribution in [3.8, 4) is 11.5 Å². The van der Waals surface area contributed by atoms with Crippen LogP contribution < -0.4 is 14.8 Å². The molecular formula is C17H22N4O2. The van der Waals surface area contributed by atoms with Crippen LogP contribution in [0.15, 0.2) is 24.3 Å². The van der Waals surface area contributed by atoms with Gasteiger partial charge in [0.25, 0.3) is 0 Å². The Balaban J connectivity index is 1.47. The molecule has 2 aliphatic rings. The summed E-state index contributed by atoms with van der Waals surface area (Å²) in [5.41, 5.74) is 0. The highest BCUT2D eigenvalue weighted by molar-refractivity contribution is 5.31. The van der Waals surface area contributed by atoms with Crippen LogP contribution in [-0.2, 0) is 19.6 Å². The Morgan fingerprint density at radius 2 is 1.91 bits per heavy atom. The fourth-order valence-electron chi connectivity index (χ4n) is 3.52. The van der Waals surface area contributed by atoms with Gasteiger partial charge in [-0.1, -0.05) is 6.42 Å². The van der Waals surface area contributed by atoms with Crippen LogP contribution in [0.5, 0.6) is 11.5 Å². The standard InChI is InChI=1S/C17H22N4O2/c1-22-14-5-7-15(8-6-14)23-11-17-20-19-16-9-12-3-2-4-13(18-12)10-21(16)17/h5-8,12-13,18H,2-4,9-11H2,1H3. The third kappa shape index (κ3) is 3.03. The van der Waals surface area contributed by atoms with E-state index in [0.717, 1.165) is 36.1 Å². The molecule has 6 nitrogen and oxygen atoms in total. The van der Waals surface area contributed by atoms with E-state index in [1.165, 1.54) is 19.3 Å². The third-order valence-electron chi connectivity index (χ3n) is 4.74. The summed E-state index contributed by atoms with van der Waals surface area (Å²) in [7, 11) is 1.66. The van der Waals surface area contributed by atoms with Crippen molar-refractivity contribution in [1.82, 2.24) is 20.1 Å². The summed E-state index contributed by atoms with van der Waals surface area (Å²) in [6, 6.07) is 8.69. The van der Waals surface area contributed by atoms with Gasteiger partial charge in [0, 0.05) is 25.0 Å². The second-order valence-corrected chi connectivity index (χ2v) is 6.30. The number of hydrogen-bond acceptors (Lipinski definition) is 5. The monoisotopic (exact) mass is 314 g/mol. The number of benzene rings is 1. The fraction of sp³-hybridized carbons (Fsp3) is 0.529. The summed E-state index contributed by atoms with van der Waals surface area (Å²) in [5, 5.41) is 12.5. The van der Waals surface area contributed by atoms with Gasteiger partial charge < -0.3 is 19.4 Å². The highest BCUT2D eigenvalue weighted by Crippen LogP contribution is 2.23. The number of aromatic nitrogens is 3. The van der Waals surface area contributed by atoms with Crippen molar-refractivity contribution in [2.24, 2.45) is 0 Å². The first-order valence-corrected chi connectivity index (χ1v) is 8.25. The van der Waals surface area contributed by atoms with Crippen LogP contribution in [0.4, 0.5) is 0 Å². The smallest absolute Gasteiger partial charge is 0.171 e. The van der Waals surface area contributed by atoms with Gasteiger partial charge in [0.1, 0.15) is 23.9 Å². The average Bonchev–Trinajstić information content (AvgIpc) is 2.90. The van der Waals surface area contributed by atoms with E-state index >= 15 is 0 Å². The molecule has 1 fully saturated rings. The Morgan fingerprint density at radius 3 is 2.74 bits per heavy atom. The van der Waals surface area contributed by atoms with E-state index in [0.29, 0.717) is 18.7 Å². The molecule has 4 rings (SSSR count). The lowest BCUT2D eigenvalue weighted by molar-refractivity contribution is 0.278. The van der Waals surface area contributed by atoms with Crippen LogP contribution >= 0.6 is 0 Å². The first kappa shape index (κ1) is 14.5. The van der Waals surface area contributed by atoms with Crippen molar-refractivity contribution >= 4 is 0 Å². The number of nitrogens with one attached hydrogen (secondary N) is 1. The first-order chi connectivity index (χ1) is 11.3. The number of hydrogen-bond donors (Lipinski definition) is 1. The molecule has 2 atom stereocenters. The Labute approximate surface area is 135 Å². The quantitative estimate of drug-likeness (QED) is 0.934. The predicted molar refractivity (Wildman–Crippen MR) is 85.6 cm³/mol. The molecule has 0 spiro atoms. The highest BCUT2D eigenvalue weighted by atomic mass is 16.5. The molecule has 0 amide bonds. The molecule has 2 aliphatic heterocycles. The second-order valence-electron chi connectivity index (χ2n) is 6.30. The molecular weight excluding hydrogens is 292 g/mol. The lowest BCUT2D eigenvalue weighted by atomic mass is 9.98. The molecule has 0 aliphatic carbocycles. The molecule has 0 radical (unpaired) electrons. The Bertz CT molecular complexity index is 668. The van der Waals surface area contributed by atoms with Gasteiger partial charge in [0.05, 0.1) is 7.11 Å². The van der Waals surface area contributed by atoms with Crippen LogP contribution in [0.25, 0.3) is 0 Å². The molecule has 1 aromatic carbocycles. The molecule has 2 aromatic rings. The predicted octanol–water partition coefficient (Wildman–Crippen LogP) is 1.93. The summed E-state index contributed by atoms with van der Waals surface area (Å²) in [5.74, 6) is 3.63. The molecule has 3 heterocycles. The van der Waals surface area contributed by atoms with Crippen LogP contribution in [0.3, 0.4) is 0 Å². The summed E-state index contributed by atoms with van der Waals surface area (Å²) >= 11 is 0. The minimum atomic E-state index is 0.441. The van der Waals surface area contributed by atoms with Crippen molar-refractivity contribution in [1.29, 1.82) is 0 Å². The number of fused-ring (bicyclic) bond motifs is 3. The zero-order valence-corrected chi connectivity index (χ0v) is 13.4. The minimum absolute atomic E-state index is 0.441. The van der Waals surface area contributed by atoms with Gasteiger partial charge in [-0.2, -0.15) is 0 Å². The Kier molecular flexibility index (Phi) is 3.91. The van der Waals surface area contributed by atoms with Crippen LogP contribution in [-0.4, -0.2) is 34.0 Å². The number of nitrogens with zero attached hydrogens (tertiary/aromatic N) is 3. The van der Waals surface area contributed by atoms with Crippen molar-refractivity contribution < 1.29 is 9.47 Å². The van der Waals surface area contributed by atoms with Crippen LogP contribution in [0.1, 0.15) is 30.9 Å². The topological polar surface area (TPSA) is 61.2 Å². The molecule has 6 heteroatoms. The Hall–Kier alpha value is -2.08. The fourth-order valence-corrected chi connectivity index (χ4v) is 3.52. The van der Waals surface area contributed by atoms with Gasteiger partial charge in [0.15, 0.2) is 5.82 Å². The summed E-state index contributed by atoms with van der Waals surface area (Å²) in [6.45, 7) is 1.39. The minimum Gasteiger partial charge on any atom is -0.497 e. The number of rotatable bonds is 4. The van der Waals surface area contributed by atoms with Gasteiger partial charge in [-0.3, -0.25) is 0 Å². The van der Waals surface area contributed by atoms with E-state index in [1.54, 1.807) is 7.11 Å². The molecule has 2 bridgehead atoms. The van der Waals surface area contributed by atoms with E-state index in [2.05, 4.69) is 20.1 Å². The lowest BCUT2D eigenvalue weighted by Crippen LogP contribution is -2.43. The maximum Gasteiger partial charge on any atom is 0.171 e. The number of ether oxygens (including phenoxy) is 2. The maximum absolute atomic E-state index is 5.87. The molecule has 1 N–H and O–H groups in total. The van der Waals surface area contributed by atoms with E-state index in [4.69, 9.17) is 9.47 Å². The summed E-state index contributed by atoms with van der Waals surface area (Å²) in [6.07, 6.45) is 4.73. The lowest BCUT2D eigenvalue weighted by Gasteiger charge is -2.27. The number of methoxy groups -OCH3 is 1.